The lowest BCUT2D eigenvalue weighted by molar-refractivity contribution is 0.310. The van der Waals surface area contributed by atoms with Gasteiger partial charge in [-0.05, 0) is 0 Å². The van der Waals surface area contributed by atoms with Crippen molar-refractivity contribution in [3.63, 3.8) is 0 Å². The second-order valence-electron chi connectivity index (χ2n) is 2.68. The van der Waals surface area contributed by atoms with Gasteiger partial charge in [0.05, 0.1) is 0 Å². The van der Waals surface area contributed by atoms with Crippen LogP contribution in [0.15, 0.2) is 35.5 Å². The standard InChI is InChI=1S/C9H12N2O/c1-11(2)9(10-12)8-6-4-3-5-7-8/h3-7,12H,1-2H3. The van der Waals surface area contributed by atoms with Gasteiger partial charge in [-0.25, -0.2) is 0 Å². The second kappa shape index (κ2) is 3.76. The Morgan fingerprint density at radius 2 is 1.83 bits per heavy atom. The van der Waals surface area contributed by atoms with E-state index in [0.717, 1.165) is 5.56 Å². The molecule has 0 aliphatic heterocycles. The van der Waals surface area contributed by atoms with E-state index in [4.69, 9.17) is 5.21 Å². The molecule has 0 amide bonds. The van der Waals surface area contributed by atoms with E-state index >= 15 is 0 Å². The first-order valence-corrected chi connectivity index (χ1v) is 3.70. The maximum Gasteiger partial charge on any atom is 0.174 e. The van der Waals surface area contributed by atoms with Crippen LogP contribution < -0.4 is 0 Å². The molecule has 0 fully saturated rings. The zero-order chi connectivity index (χ0) is 8.97. The summed E-state index contributed by atoms with van der Waals surface area (Å²) in [6, 6.07) is 9.53. The molecule has 0 aromatic heterocycles. The molecular formula is C9H12N2O. The number of nitrogens with zero attached hydrogens (tertiary/aromatic N) is 2. The molecule has 0 unspecified atom stereocenters. The minimum atomic E-state index is 0.565. The van der Waals surface area contributed by atoms with Gasteiger partial charge in [0.25, 0.3) is 0 Å². The molecule has 0 bridgehead atoms. The van der Waals surface area contributed by atoms with E-state index in [-0.39, 0.29) is 0 Å². The van der Waals surface area contributed by atoms with E-state index in [1.807, 2.05) is 44.4 Å². The fraction of sp³-hybridized carbons (Fsp3) is 0.222. The van der Waals surface area contributed by atoms with Crippen LogP contribution in [-0.4, -0.2) is 30.0 Å². The number of rotatable bonds is 1. The highest BCUT2D eigenvalue weighted by Crippen LogP contribution is 2.02. The van der Waals surface area contributed by atoms with E-state index in [9.17, 15) is 0 Å². The quantitative estimate of drug-likeness (QED) is 0.294. The first-order valence-electron chi connectivity index (χ1n) is 3.70. The molecule has 0 heterocycles. The van der Waals surface area contributed by atoms with Crippen LogP contribution in [-0.2, 0) is 0 Å². The molecule has 3 heteroatoms. The Hall–Kier alpha value is -1.51. The van der Waals surface area contributed by atoms with Gasteiger partial charge >= 0.3 is 0 Å². The number of hydrogen-bond donors (Lipinski definition) is 1. The summed E-state index contributed by atoms with van der Waals surface area (Å²) >= 11 is 0. The van der Waals surface area contributed by atoms with E-state index < -0.39 is 0 Å². The van der Waals surface area contributed by atoms with Crippen LogP contribution in [0.5, 0.6) is 0 Å². The van der Waals surface area contributed by atoms with Crippen molar-refractivity contribution in [1.82, 2.24) is 4.90 Å². The summed E-state index contributed by atoms with van der Waals surface area (Å²) < 4.78 is 0. The van der Waals surface area contributed by atoms with E-state index in [1.54, 1.807) is 4.90 Å². The largest absolute Gasteiger partial charge is 0.409 e. The molecule has 0 saturated carbocycles. The molecule has 0 saturated heterocycles. The smallest absolute Gasteiger partial charge is 0.174 e. The summed E-state index contributed by atoms with van der Waals surface area (Å²) in [5.74, 6) is 0.565. The zero-order valence-corrected chi connectivity index (χ0v) is 7.23. The lowest BCUT2D eigenvalue weighted by Gasteiger charge is -2.13. The van der Waals surface area contributed by atoms with Crippen LogP contribution in [0.1, 0.15) is 5.56 Å². The first kappa shape index (κ1) is 8.59. The Labute approximate surface area is 71.9 Å². The van der Waals surface area contributed by atoms with Crippen molar-refractivity contribution in [3.05, 3.63) is 35.9 Å². The highest BCUT2D eigenvalue weighted by molar-refractivity contribution is 5.97. The molecule has 0 radical (unpaired) electrons. The maximum atomic E-state index is 8.70. The van der Waals surface area contributed by atoms with E-state index in [2.05, 4.69) is 5.16 Å². The Balaban J connectivity index is 2.97. The summed E-state index contributed by atoms with van der Waals surface area (Å²) in [4.78, 5) is 1.76. The maximum absolute atomic E-state index is 8.70. The number of benzene rings is 1. The van der Waals surface area contributed by atoms with Crippen molar-refractivity contribution in [2.75, 3.05) is 14.1 Å². The molecular weight excluding hydrogens is 152 g/mol. The molecule has 0 spiro atoms. The molecule has 12 heavy (non-hydrogen) atoms. The van der Waals surface area contributed by atoms with Crippen LogP contribution >= 0.6 is 0 Å². The SMILES string of the molecule is CN(C)C(=NO)c1ccccc1. The topological polar surface area (TPSA) is 35.8 Å². The van der Waals surface area contributed by atoms with Crippen LogP contribution in [0.25, 0.3) is 0 Å². The second-order valence-corrected chi connectivity index (χ2v) is 2.68. The zero-order valence-electron chi connectivity index (χ0n) is 7.23. The van der Waals surface area contributed by atoms with Crippen molar-refractivity contribution in [2.45, 2.75) is 0 Å². The Kier molecular flexibility index (Phi) is 2.69. The Bertz CT molecular complexity index is 267. The fourth-order valence-electron chi connectivity index (χ4n) is 0.993. The third kappa shape index (κ3) is 1.75. The van der Waals surface area contributed by atoms with Crippen molar-refractivity contribution in [2.24, 2.45) is 5.16 Å². The van der Waals surface area contributed by atoms with Crippen molar-refractivity contribution in [3.8, 4) is 0 Å². The summed E-state index contributed by atoms with van der Waals surface area (Å²) in [5, 5.41) is 11.9. The van der Waals surface area contributed by atoms with Gasteiger partial charge < -0.3 is 10.1 Å². The van der Waals surface area contributed by atoms with Crippen molar-refractivity contribution in [1.29, 1.82) is 0 Å². The minimum Gasteiger partial charge on any atom is -0.409 e. The van der Waals surface area contributed by atoms with Crippen molar-refractivity contribution >= 4 is 5.84 Å². The average molecular weight is 164 g/mol. The van der Waals surface area contributed by atoms with Gasteiger partial charge in [0.1, 0.15) is 0 Å². The van der Waals surface area contributed by atoms with Gasteiger partial charge in [0.15, 0.2) is 5.84 Å². The number of amidine groups is 1. The van der Waals surface area contributed by atoms with Crippen LogP contribution in [0.3, 0.4) is 0 Å². The molecule has 1 aromatic carbocycles. The fourth-order valence-corrected chi connectivity index (χ4v) is 0.993. The van der Waals surface area contributed by atoms with E-state index in [1.165, 1.54) is 0 Å². The predicted octanol–water partition coefficient (Wildman–Crippen LogP) is 1.38. The van der Waals surface area contributed by atoms with E-state index in [0.29, 0.717) is 5.84 Å². The predicted molar refractivity (Wildman–Crippen MR) is 48.5 cm³/mol. The minimum absolute atomic E-state index is 0.565. The highest BCUT2D eigenvalue weighted by Gasteiger charge is 2.03. The molecule has 0 aliphatic rings. The average Bonchev–Trinajstić information content (AvgIpc) is 2.07. The first-order chi connectivity index (χ1) is 5.75. The summed E-state index contributed by atoms with van der Waals surface area (Å²) in [6.07, 6.45) is 0. The molecule has 3 nitrogen and oxygen atoms in total. The van der Waals surface area contributed by atoms with Gasteiger partial charge in [0.2, 0.25) is 0 Å². The number of oxime groups is 1. The van der Waals surface area contributed by atoms with Crippen LogP contribution in [0, 0.1) is 0 Å². The molecule has 1 N–H and O–H groups in total. The summed E-state index contributed by atoms with van der Waals surface area (Å²) in [5.41, 5.74) is 0.907. The van der Waals surface area contributed by atoms with Crippen LogP contribution in [0.2, 0.25) is 0 Å². The van der Waals surface area contributed by atoms with Crippen molar-refractivity contribution < 1.29 is 5.21 Å². The van der Waals surface area contributed by atoms with Gasteiger partial charge in [-0.1, -0.05) is 35.5 Å². The molecule has 64 valence electrons. The third-order valence-corrected chi connectivity index (χ3v) is 1.55. The lowest BCUT2D eigenvalue weighted by atomic mass is 10.2. The number of hydrogen-bond acceptors (Lipinski definition) is 2. The highest BCUT2D eigenvalue weighted by atomic mass is 16.4. The molecule has 0 atom stereocenters. The molecule has 1 aromatic rings. The summed E-state index contributed by atoms with van der Waals surface area (Å²) in [6.45, 7) is 0. The Morgan fingerprint density at radius 1 is 1.25 bits per heavy atom. The normalized spacial score (nSPS) is 11.3. The molecule has 0 aliphatic carbocycles. The lowest BCUT2D eigenvalue weighted by Crippen LogP contribution is -2.22. The van der Waals surface area contributed by atoms with Gasteiger partial charge in [-0.3, -0.25) is 0 Å². The van der Waals surface area contributed by atoms with Gasteiger partial charge in [-0.2, -0.15) is 0 Å². The third-order valence-electron chi connectivity index (χ3n) is 1.55. The van der Waals surface area contributed by atoms with Crippen LogP contribution in [0.4, 0.5) is 0 Å². The monoisotopic (exact) mass is 164 g/mol. The van der Waals surface area contributed by atoms with Gasteiger partial charge in [-0.15, -0.1) is 0 Å². The molecule has 1 rings (SSSR count). The Morgan fingerprint density at radius 3 is 2.25 bits per heavy atom. The van der Waals surface area contributed by atoms with Gasteiger partial charge in [0, 0.05) is 19.7 Å². The summed E-state index contributed by atoms with van der Waals surface area (Å²) in [7, 11) is 3.67.